The molecule has 5 nitrogen and oxygen atoms in total. The summed E-state index contributed by atoms with van der Waals surface area (Å²) in [6, 6.07) is 10.6. The third kappa shape index (κ3) is 3.18. The van der Waals surface area contributed by atoms with Crippen LogP contribution in [0.3, 0.4) is 0 Å². The predicted molar refractivity (Wildman–Crippen MR) is 120 cm³/mol. The monoisotopic (exact) mass is 439 g/mol. The van der Waals surface area contributed by atoms with Gasteiger partial charge in [-0.15, -0.1) is 0 Å². The topological polar surface area (TPSA) is 47.4 Å². The van der Waals surface area contributed by atoms with E-state index in [4.69, 9.17) is 4.74 Å². The zero-order valence-electron chi connectivity index (χ0n) is 16.0. The van der Waals surface area contributed by atoms with Gasteiger partial charge < -0.3 is 14.2 Å². The minimum Gasteiger partial charge on any atom is -0.375 e. The minimum absolute atomic E-state index is 0.323. The molecule has 0 spiro atoms. The zero-order valence-corrected chi connectivity index (χ0v) is 17.6. The predicted octanol–water partition coefficient (Wildman–Crippen LogP) is 0.433. The van der Waals surface area contributed by atoms with Gasteiger partial charge in [-0.05, 0) is 29.5 Å². The van der Waals surface area contributed by atoms with Gasteiger partial charge in [0.05, 0.1) is 24.1 Å². The molecule has 1 aliphatic rings. The van der Waals surface area contributed by atoms with Gasteiger partial charge in [0.2, 0.25) is 0 Å². The van der Waals surface area contributed by atoms with Gasteiger partial charge in [0, 0.05) is 22.3 Å². The molecule has 4 rings (SSSR count). The average molecular weight is 440 g/mol. The van der Waals surface area contributed by atoms with E-state index in [0.29, 0.717) is 36.5 Å². The highest BCUT2D eigenvalue weighted by Gasteiger charge is 2.27. The van der Waals surface area contributed by atoms with Gasteiger partial charge in [-0.25, -0.2) is 9.18 Å². The molecule has 0 amide bonds. The van der Waals surface area contributed by atoms with E-state index in [1.807, 2.05) is 46.6 Å². The number of fused-ring (bicyclic) bond motifs is 2. The summed E-state index contributed by atoms with van der Waals surface area (Å²) in [4.78, 5) is 19.2. The van der Waals surface area contributed by atoms with Crippen LogP contribution in [0.5, 0.6) is 0 Å². The largest absolute Gasteiger partial charge is 0.375 e. The van der Waals surface area contributed by atoms with Gasteiger partial charge in [-0.3, -0.25) is 0 Å². The molecule has 1 aliphatic heterocycles. The van der Waals surface area contributed by atoms with Crippen LogP contribution in [0.1, 0.15) is 5.56 Å². The molecule has 28 heavy (non-hydrogen) atoms. The molecule has 0 saturated heterocycles. The molecule has 0 unspecified atom stereocenters. The van der Waals surface area contributed by atoms with Gasteiger partial charge in [-0.1, -0.05) is 28.1 Å². The van der Waals surface area contributed by atoms with Crippen molar-refractivity contribution >= 4 is 61.9 Å². The fraction of sp³-hybridized carbons (Fsp3) is 0.222. The van der Waals surface area contributed by atoms with E-state index < -0.39 is 16.7 Å². The van der Waals surface area contributed by atoms with Crippen LogP contribution < -0.4 is 10.6 Å². The number of anilines is 2. The Bertz CT molecular complexity index is 1130. The zero-order chi connectivity index (χ0) is 20.1. The lowest BCUT2D eigenvalue weighted by Gasteiger charge is -2.29. The number of nitrogens with zero attached hydrogens (tertiary/aromatic N) is 3. The summed E-state index contributed by atoms with van der Waals surface area (Å²) in [5.41, 5.74) is 1.94. The van der Waals surface area contributed by atoms with E-state index in [1.54, 1.807) is 16.7 Å². The highest BCUT2D eigenvalue weighted by atomic mass is 79.9. The molecule has 10 heteroatoms. The number of halogens is 2. The first-order valence-corrected chi connectivity index (χ1v) is 9.93. The Labute approximate surface area is 173 Å². The normalized spacial score (nSPS) is 14.7. The second kappa shape index (κ2) is 7.08. The maximum atomic E-state index is 15.0. The summed E-state index contributed by atoms with van der Waals surface area (Å²) in [6.45, 7) is 1.35. The molecule has 140 valence electrons. The lowest BCUT2D eigenvalue weighted by molar-refractivity contribution is 0.133. The number of benzene rings is 2. The van der Waals surface area contributed by atoms with Crippen molar-refractivity contribution in [2.75, 3.05) is 18.1 Å². The Hall–Kier alpha value is -2.06. The Morgan fingerprint density at radius 1 is 1.18 bits per heavy atom. The lowest BCUT2D eigenvalue weighted by Crippen LogP contribution is -2.44. The van der Waals surface area contributed by atoms with Crippen molar-refractivity contribution in [2.24, 2.45) is 0 Å². The SMILES string of the molecule is BC(B)(B)n1c(=O)nc(N2CCOCc3c(Br)cccc32)c2c(F)cccc21. The third-order valence-corrected chi connectivity index (χ3v) is 5.61. The first-order chi connectivity index (χ1) is 13.3. The number of hydrogen-bond donors (Lipinski definition) is 0. The highest BCUT2D eigenvalue weighted by molar-refractivity contribution is 9.10. The van der Waals surface area contributed by atoms with Gasteiger partial charge >= 0.3 is 5.69 Å². The molecule has 1 aromatic heterocycles. The molecule has 0 fully saturated rings. The van der Waals surface area contributed by atoms with Crippen LogP contribution >= 0.6 is 15.9 Å². The van der Waals surface area contributed by atoms with E-state index in [9.17, 15) is 4.79 Å². The molecular formula is C18H18B3BrFN3O2. The maximum Gasteiger partial charge on any atom is 0.348 e. The number of hydrogen-bond acceptors (Lipinski definition) is 4. The van der Waals surface area contributed by atoms with E-state index in [-0.39, 0.29) is 0 Å². The first-order valence-electron chi connectivity index (χ1n) is 9.13. The Balaban J connectivity index is 2.07. The smallest absolute Gasteiger partial charge is 0.348 e. The number of aromatic nitrogens is 2. The highest BCUT2D eigenvalue weighted by Crippen LogP contribution is 2.37. The van der Waals surface area contributed by atoms with Crippen LogP contribution in [0.25, 0.3) is 10.9 Å². The second-order valence-electron chi connectivity index (χ2n) is 7.80. The van der Waals surface area contributed by atoms with E-state index in [0.717, 1.165) is 15.7 Å². The standard InChI is InChI=1S/C18H18B3BrFN3O2/c19-18(20,21)26-14-6-2-4-12(23)15(14)16(24-17(26)27)25-7-8-28-9-10-11(22)3-1-5-13(10)25/h1-6H,7-9,19-21H2. The molecule has 3 aromatic rings. The summed E-state index contributed by atoms with van der Waals surface area (Å²) in [5, 5.41) is -0.192. The third-order valence-electron chi connectivity index (χ3n) is 4.87. The fourth-order valence-electron chi connectivity index (χ4n) is 3.68. The number of ether oxygens (including phenoxy) is 1. The molecule has 2 aromatic carbocycles. The van der Waals surface area contributed by atoms with Crippen LogP contribution in [-0.2, 0) is 16.6 Å². The molecule has 0 radical (unpaired) electrons. The summed E-state index contributed by atoms with van der Waals surface area (Å²) < 4.78 is 23.2. The molecule has 2 heterocycles. The molecule has 0 atom stereocenters. The lowest BCUT2D eigenvalue weighted by atomic mass is 9.49. The number of rotatable bonds is 2. The van der Waals surface area contributed by atoms with Crippen molar-refractivity contribution in [1.82, 2.24) is 9.55 Å². The molecule has 0 bridgehead atoms. The van der Waals surface area contributed by atoms with E-state index >= 15 is 4.39 Å². The van der Waals surface area contributed by atoms with Crippen molar-refractivity contribution in [3.05, 3.63) is 62.7 Å². The van der Waals surface area contributed by atoms with Crippen LogP contribution in [0.2, 0.25) is 0 Å². The van der Waals surface area contributed by atoms with Gasteiger partial charge in [0.1, 0.15) is 29.4 Å². The summed E-state index contributed by atoms with van der Waals surface area (Å²) >= 11 is 3.57. The molecule has 0 aliphatic carbocycles. The van der Waals surface area contributed by atoms with Crippen molar-refractivity contribution in [1.29, 1.82) is 0 Å². The Morgan fingerprint density at radius 3 is 2.68 bits per heavy atom. The quantitative estimate of drug-likeness (QED) is 0.544. The van der Waals surface area contributed by atoms with Gasteiger partial charge in [-0.2, -0.15) is 4.98 Å². The fourth-order valence-corrected chi connectivity index (χ4v) is 4.15. The average Bonchev–Trinajstić information content (AvgIpc) is 2.83. The van der Waals surface area contributed by atoms with Crippen molar-refractivity contribution < 1.29 is 9.13 Å². The van der Waals surface area contributed by atoms with Crippen molar-refractivity contribution in [2.45, 2.75) is 11.8 Å². The Morgan fingerprint density at radius 2 is 1.93 bits per heavy atom. The molecular weight excluding hydrogens is 422 g/mol. The van der Waals surface area contributed by atoms with Crippen LogP contribution in [0.15, 0.2) is 45.7 Å². The van der Waals surface area contributed by atoms with Crippen LogP contribution in [-0.4, -0.2) is 46.2 Å². The van der Waals surface area contributed by atoms with Crippen molar-refractivity contribution in [3.8, 4) is 0 Å². The van der Waals surface area contributed by atoms with Crippen molar-refractivity contribution in [3.63, 3.8) is 0 Å². The second-order valence-corrected chi connectivity index (χ2v) is 8.65. The molecule has 0 saturated carbocycles. The minimum atomic E-state index is -0.530. The van der Waals surface area contributed by atoms with Gasteiger partial charge in [0.25, 0.3) is 0 Å². The summed E-state index contributed by atoms with van der Waals surface area (Å²) in [7, 11) is 5.73. The summed E-state index contributed by atoms with van der Waals surface area (Å²) in [6.07, 6.45) is 0. The van der Waals surface area contributed by atoms with E-state index in [1.165, 1.54) is 6.07 Å². The van der Waals surface area contributed by atoms with E-state index in [2.05, 4.69) is 20.9 Å². The van der Waals surface area contributed by atoms with Gasteiger partial charge in [0.15, 0.2) is 5.82 Å². The Kier molecular flexibility index (Phi) is 4.87. The first kappa shape index (κ1) is 19.3. The van der Waals surface area contributed by atoms with Crippen LogP contribution in [0.4, 0.5) is 15.9 Å². The molecule has 0 N–H and O–H groups in total. The maximum absolute atomic E-state index is 15.0. The summed E-state index contributed by atoms with van der Waals surface area (Å²) in [5.74, 6) is -0.0804. The van der Waals surface area contributed by atoms with Crippen LogP contribution in [0, 0.1) is 5.82 Å².